The van der Waals surface area contributed by atoms with E-state index in [1.165, 1.54) is 62.9 Å². The highest BCUT2D eigenvalue weighted by atomic mass is 32.2. The average Bonchev–Trinajstić information content (AvgIpc) is 3.82. The highest BCUT2D eigenvalue weighted by molar-refractivity contribution is 7.87. The van der Waals surface area contributed by atoms with Crippen molar-refractivity contribution >= 4 is 32.9 Å². The molecule has 6 rings (SSSR count). The van der Waals surface area contributed by atoms with E-state index in [4.69, 9.17) is 4.74 Å². The van der Waals surface area contributed by atoms with Crippen LogP contribution in [0.5, 0.6) is 0 Å². The van der Waals surface area contributed by atoms with Crippen LogP contribution < -0.4 is 4.72 Å². The molecule has 2 aliphatic carbocycles. The van der Waals surface area contributed by atoms with Crippen molar-refractivity contribution in [3.05, 3.63) is 59.2 Å². The van der Waals surface area contributed by atoms with E-state index < -0.39 is 16.1 Å². The van der Waals surface area contributed by atoms with Crippen LogP contribution in [0.4, 0.5) is 0 Å². The summed E-state index contributed by atoms with van der Waals surface area (Å²) in [7, 11) is -1.18. The molecule has 43 heavy (non-hydrogen) atoms. The predicted octanol–water partition coefficient (Wildman–Crippen LogP) is 5.02. The van der Waals surface area contributed by atoms with E-state index in [0.717, 1.165) is 33.7 Å². The number of carbonyl (C=O) groups excluding carboxylic acids is 2. The molecule has 0 unspecified atom stereocenters. The van der Waals surface area contributed by atoms with E-state index in [0.29, 0.717) is 51.1 Å². The highest BCUT2D eigenvalue weighted by Gasteiger charge is 2.32. The number of hydrogen-bond acceptors (Lipinski definition) is 5. The third kappa shape index (κ3) is 6.23. The Kier molecular flexibility index (Phi) is 8.62. The fraction of sp³-hybridized carbons (Fsp3) is 0.515. The number of nitrogens with one attached hydrogen (secondary N) is 1. The van der Waals surface area contributed by atoms with Gasteiger partial charge in [-0.15, -0.1) is 0 Å². The molecule has 2 aromatic carbocycles. The standard InChI is InChI=1S/C33H42N4O5S/c1-35(2)43(40,41)34-33(39)25-14-15-28-29(22-25)37(17-16-30(38)36-18-20-42-21-19-36)32(31(28)24-8-4-3-5-9-24)27-11-7-6-10-26(27)23-12-13-23/h6-7,10-11,14-15,22-24H,3-5,8-9,12-13,16-21H2,1-2H3,(H,34,39). The van der Waals surface area contributed by atoms with Crippen molar-refractivity contribution in [2.45, 2.75) is 69.7 Å². The number of benzene rings is 2. The van der Waals surface area contributed by atoms with Crippen molar-refractivity contribution in [2.75, 3.05) is 40.4 Å². The Hall–Kier alpha value is -3.21. The maximum atomic E-state index is 13.4. The maximum absolute atomic E-state index is 13.4. The number of hydrogen-bond donors (Lipinski definition) is 1. The quantitative estimate of drug-likeness (QED) is 0.369. The lowest BCUT2D eigenvalue weighted by molar-refractivity contribution is -0.135. The van der Waals surface area contributed by atoms with Gasteiger partial charge in [0, 0.05) is 62.2 Å². The summed E-state index contributed by atoms with van der Waals surface area (Å²) in [6.07, 6.45) is 8.49. The third-order valence-electron chi connectivity index (χ3n) is 9.23. The Labute approximate surface area is 254 Å². The van der Waals surface area contributed by atoms with Gasteiger partial charge in [-0.1, -0.05) is 49.6 Å². The second kappa shape index (κ2) is 12.4. The monoisotopic (exact) mass is 606 g/mol. The van der Waals surface area contributed by atoms with Crippen molar-refractivity contribution in [3.8, 4) is 11.3 Å². The van der Waals surface area contributed by atoms with E-state index >= 15 is 0 Å². The molecule has 2 saturated carbocycles. The van der Waals surface area contributed by atoms with E-state index in [-0.39, 0.29) is 11.5 Å². The van der Waals surface area contributed by atoms with E-state index in [1.807, 2.05) is 17.0 Å². The van der Waals surface area contributed by atoms with Gasteiger partial charge in [-0.25, -0.2) is 4.72 Å². The predicted molar refractivity (Wildman–Crippen MR) is 167 cm³/mol. The summed E-state index contributed by atoms with van der Waals surface area (Å²) in [6.45, 7) is 2.77. The number of aryl methyl sites for hydroxylation is 1. The Morgan fingerprint density at radius 3 is 2.37 bits per heavy atom. The lowest BCUT2D eigenvalue weighted by Gasteiger charge is -2.27. The molecular weight excluding hydrogens is 564 g/mol. The van der Waals surface area contributed by atoms with Gasteiger partial charge in [0.25, 0.3) is 5.91 Å². The molecule has 3 fully saturated rings. The first-order chi connectivity index (χ1) is 20.7. The summed E-state index contributed by atoms with van der Waals surface area (Å²) in [6, 6.07) is 14.2. The first-order valence-corrected chi connectivity index (χ1v) is 17.0. The van der Waals surface area contributed by atoms with Crippen LogP contribution in [0.25, 0.3) is 22.2 Å². The molecule has 1 aromatic heterocycles. The minimum Gasteiger partial charge on any atom is -0.378 e. The molecule has 3 aromatic rings. The number of fused-ring (bicyclic) bond motifs is 1. The normalized spacial score (nSPS) is 18.3. The van der Waals surface area contributed by atoms with E-state index in [9.17, 15) is 18.0 Å². The van der Waals surface area contributed by atoms with E-state index in [2.05, 4.69) is 33.6 Å². The minimum atomic E-state index is -3.95. The van der Waals surface area contributed by atoms with Gasteiger partial charge in [0.15, 0.2) is 0 Å². The van der Waals surface area contributed by atoms with Crippen molar-refractivity contribution in [1.82, 2.24) is 18.5 Å². The van der Waals surface area contributed by atoms with Gasteiger partial charge in [0.2, 0.25) is 5.91 Å². The number of nitrogens with zero attached hydrogens (tertiary/aromatic N) is 3. The van der Waals surface area contributed by atoms with Gasteiger partial charge in [-0.3, -0.25) is 9.59 Å². The molecule has 2 amide bonds. The van der Waals surface area contributed by atoms with Crippen molar-refractivity contribution in [3.63, 3.8) is 0 Å². The zero-order chi connectivity index (χ0) is 30.1. The topological polar surface area (TPSA) is 101 Å². The molecule has 10 heteroatoms. The molecule has 0 radical (unpaired) electrons. The number of amides is 2. The van der Waals surface area contributed by atoms with Gasteiger partial charge < -0.3 is 14.2 Å². The van der Waals surface area contributed by atoms with Crippen LogP contribution in [0.1, 0.15) is 84.7 Å². The number of ether oxygens (including phenoxy) is 1. The van der Waals surface area contributed by atoms with Crippen LogP contribution in [-0.4, -0.2) is 74.4 Å². The summed E-state index contributed by atoms with van der Waals surface area (Å²) in [5.41, 5.74) is 6.14. The summed E-state index contributed by atoms with van der Waals surface area (Å²) < 4.78 is 35.8. The zero-order valence-corrected chi connectivity index (χ0v) is 26.0. The third-order valence-corrected chi connectivity index (χ3v) is 10.6. The molecule has 230 valence electrons. The average molecular weight is 607 g/mol. The molecular formula is C33H42N4O5S. The lowest BCUT2D eigenvalue weighted by Crippen LogP contribution is -2.41. The molecule has 3 aliphatic rings. The zero-order valence-electron chi connectivity index (χ0n) is 25.2. The summed E-state index contributed by atoms with van der Waals surface area (Å²) in [5, 5.41) is 1.08. The molecule has 2 heterocycles. The molecule has 0 bridgehead atoms. The second-order valence-corrected chi connectivity index (χ2v) is 14.2. The lowest BCUT2D eigenvalue weighted by atomic mass is 9.81. The molecule has 0 spiro atoms. The van der Waals surface area contributed by atoms with Crippen LogP contribution in [-0.2, 0) is 26.3 Å². The van der Waals surface area contributed by atoms with Gasteiger partial charge in [0.1, 0.15) is 0 Å². The van der Waals surface area contributed by atoms with Gasteiger partial charge in [0.05, 0.1) is 18.9 Å². The second-order valence-electron chi connectivity index (χ2n) is 12.3. The van der Waals surface area contributed by atoms with Crippen LogP contribution in [0.3, 0.4) is 0 Å². The molecule has 1 N–H and O–H groups in total. The summed E-state index contributed by atoms with van der Waals surface area (Å²) in [4.78, 5) is 28.4. The van der Waals surface area contributed by atoms with Crippen LogP contribution in [0, 0.1) is 0 Å². The van der Waals surface area contributed by atoms with Crippen molar-refractivity contribution in [2.24, 2.45) is 0 Å². The summed E-state index contributed by atoms with van der Waals surface area (Å²) >= 11 is 0. The number of carbonyl (C=O) groups is 2. The number of aromatic nitrogens is 1. The SMILES string of the molecule is CN(C)S(=O)(=O)NC(=O)c1ccc2c(C3CCCCC3)c(-c3ccccc3C3CC3)n(CCC(=O)N3CCOCC3)c2c1. The van der Waals surface area contributed by atoms with Crippen molar-refractivity contribution < 1.29 is 22.7 Å². The molecule has 1 saturated heterocycles. The number of morpholine rings is 1. The van der Waals surface area contributed by atoms with Gasteiger partial charge in [-0.2, -0.15) is 12.7 Å². The first-order valence-electron chi connectivity index (χ1n) is 15.6. The van der Waals surface area contributed by atoms with Crippen molar-refractivity contribution in [1.29, 1.82) is 0 Å². The van der Waals surface area contributed by atoms with Crippen LogP contribution in [0.15, 0.2) is 42.5 Å². The molecule has 9 nitrogen and oxygen atoms in total. The largest absolute Gasteiger partial charge is 0.378 e. The Bertz CT molecular complexity index is 1610. The molecule has 0 atom stereocenters. The Morgan fingerprint density at radius 1 is 0.953 bits per heavy atom. The highest BCUT2D eigenvalue weighted by Crippen LogP contribution is 2.49. The fourth-order valence-electron chi connectivity index (χ4n) is 6.75. The molecule has 1 aliphatic heterocycles. The first kappa shape index (κ1) is 29.8. The van der Waals surface area contributed by atoms with Crippen LogP contribution >= 0.6 is 0 Å². The Balaban J connectivity index is 1.50. The fourth-order valence-corrected chi connectivity index (χ4v) is 7.29. The smallest absolute Gasteiger partial charge is 0.303 e. The van der Waals surface area contributed by atoms with Crippen LogP contribution in [0.2, 0.25) is 0 Å². The van der Waals surface area contributed by atoms with Gasteiger partial charge in [-0.05, 0) is 60.8 Å². The number of rotatable bonds is 9. The van der Waals surface area contributed by atoms with Gasteiger partial charge >= 0.3 is 10.2 Å². The minimum absolute atomic E-state index is 0.0942. The van der Waals surface area contributed by atoms with E-state index in [1.54, 1.807) is 6.07 Å². The summed E-state index contributed by atoms with van der Waals surface area (Å²) in [5.74, 6) is 0.335. The maximum Gasteiger partial charge on any atom is 0.303 e. The Morgan fingerprint density at radius 2 is 1.67 bits per heavy atom.